The van der Waals surface area contributed by atoms with Crippen LogP contribution >= 0.6 is 0 Å². The van der Waals surface area contributed by atoms with Crippen molar-refractivity contribution in [2.45, 2.75) is 20.8 Å². The largest absolute Gasteiger partial charge is 0.423 e. The smallest absolute Gasteiger partial charge is 0.308 e. The van der Waals surface area contributed by atoms with Crippen LogP contribution in [0.25, 0.3) is 0 Å². The third kappa shape index (κ3) is 6.04. The summed E-state index contributed by atoms with van der Waals surface area (Å²) < 4.78 is 9.86. The number of hydrogen-bond donors (Lipinski definition) is 2. The predicted octanol–water partition coefficient (Wildman–Crippen LogP) is 0.612. The van der Waals surface area contributed by atoms with Crippen molar-refractivity contribution < 1.29 is 28.7 Å². The van der Waals surface area contributed by atoms with Crippen LogP contribution in [0.15, 0.2) is 18.2 Å². The van der Waals surface area contributed by atoms with Gasteiger partial charge in [-0.3, -0.25) is 24.5 Å². The summed E-state index contributed by atoms with van der Waals surface area (Å²) in [6, 6.07) is 4.36. The first-order valence-electron chi connectivity index (χ1n) is 6.33. The molecule has 0 aromatic heterocycles. The van der Waals surface area contributed by atoms with E-state index in [4.69, 9.17) is 9.47 Å². The molecular formula is C14H16N2O6. The number of imide groups is 1. The molecule has 0 saturated heterocycles. The topological polar surface area (TPSA) is 111 Å². The highest BCUT2D eigenvalue weighted by Gasteiger charge is 2.12. The minimum Gasteiger partial charge on any atom is -0.423 e. The van der Waals surface area contributed by atoms with Crippen molar-refractivity contribution in [2.75, 3.05) is 11.9 Å². The van der Waals surface area contributed by atoms with E-state index < -0.39 is 23.8 Å². The molecule has 1 rings (SSSR count). The Labute approximate surface area is 126 Å². The lowest BCUT2D eigenvalue weighted by Crippen LogP contribution is -2.33. The highest BCUT2D eigenvalue weighted by atomic mass is 16.6. The standard InChI is InChI=1S/C14H16N2O6/c1-8(17)16-14(20)7-15-11-4-5-12(21-9(2)18)13(6-11)22-10(3)19/h4-6,15H,7H2,1-3H3,(H,16,17,20). The first-order valence-corrected chi connectivity index (χ1v) is 6.33. The second kappa shape index (κ2) is 7.77. The maximum Gasteiger partial charge on any atom is 0.308 e. The van der Waals surface area contributed by atoms with E-state index in [0.717, 1.165) is 0 Å². The molecule has 118 valence electrons. The van der Waals surface area contributed by atoms with Crippen LogP contribution in [0.3, 0.4) is 0 Å². The zero-order chi connectivity index (χ0) is 16.7. The average molecular weight is 308 g/mol. The Kier molecular flexibility index (Phi) is 6.06. The summed E-state index contributed by atoms with van der Waals surface area (Å²) in [7, 11) is 0. The van der Waals surface area contributed by atoms with Gasteiger partial charge in [-0.2, -0.15) is 0 Å². The number of nitrogens with one attached hydrogen (secondary N) is 2. The second-order valence-corrected chi connectivity index (χ2v) is 4.31. The van der Waals surface area contributed by atoms with Gasteiger partial charge in [-0.15, -0.1) is 0 Å². The van der Waals surface area contributed by atoms with E-state index in [1.807, 2.05) is 0 Å². The summed E-state index contributed by atoms with van der Waals surface area (Å²) in [6.07, 6.45) is 0. The number of ether oxygens (including phenoxy) is 2. The molecule has 2 amide bonds. The van der Waals surface area contributed by atoms with Gasteiger partial charge in [0.05, 0.1) is 6.54 Å². The maximum atomic E-state index is 11.4. The fourth-order valence-electron chi connectivity index (χ4n) is 1.51. The molecule has 22 heavy (non-hydrogen) atoms. The average Bonchev–Trinajstić information content (AvgIpc) is 2.37. The molecule has 0 fully saturated rings. The van der Waals surface area contributed by atoms with Crippen molar-refractivity contribution in [1.29, 1.82) is 0 Å². The van der Waals surface area contributed by atoms with Gasteiger partial charge in [-0.25, -0.2) is 0 Å². The lowest BCUT2D eigenvalue weighted by atomic mass is 10.2. The Morgan fingerprint density at radius 1 is 0.955 bits per heavy atom. The molecule has 0 atom stereocenters. The van der Waals surface area contributed by atoms with Gasteiger partial charge in [0.15, 0.2) is 11.5 Å². The lowest BCUT2D eigenvalue weighted by Gasteiger charge is -2.11. The molecule has 0 saturated carbocycles. The molecule has 0 aliphatic carbocycles. The Bertz CT molecular complexity index is 611. The second-order valence-electron chi connectivity index (χ2n) is 4.31. The first-order chi connectivity index (χ1) is 10.3. The molecular weight excluding hydrogens is 292 g/mol. The number of anilines is 1. The van der Waals surface area contributed by atoms with Gasteiger partial charge in [0, 0.05) is 32.5 Å². The monoisotopic (exact) mass is 308 g/mol. The highest BCUT2D eigenvalue weighted by Crippen LogP contribution is 2.30. The van der Waals surface area contributed by atoms with Crippen LogP contribution in [0.5, 0.6) is 11.5 Å². The molecule has 0 bridgehead atoms. The molecule has 1 aromatic carbocycles. The fourth-order valence-corrected chi connectivity index (χ4v) is 1.51. The summed E-state index contributed by atoms with van der Waals surface area (Å²) in [5, 5.41) is 4.85. The first kappa shape index (κ1) is 17.2. The number of amides is 2. The van der Waals surface area contributed by atoms with Gasteiger partial charge in [0.1, 0.15) is 0 Å². The zero-order valence-electron chi connectivity index (χ0n) is 12.4. The lowest BCUT2D eigenvalue weighted by molar-refractivity contribution is -0.134. The summed E-state index contributed by atoms with van der Waals surface area (Å²) in [5.74, 6) is -1.99. The van der Waals surface area contributed by atoms with Crippen molar-refractivity contribution >= 4 is 29.4 Å². The van der Waals surface area contributed by atoms with Gasteiger partial charge < -0.3 is 14.8 Å². The Balaban J connectivity index is 2.84. The van der Waals surface area contributed by atoms with Crippen molar-refractivity contribution in [3.63, 3.8) is 0 Å². The quantitative estimate of drug-likeness (QED) is 0.605. The minimum absolute atomic E-state index is 0.0414. The van der Waals surface area contributed by atoms with Gasteiger partial charge in [-0.05, 0) is 12.1 Å². The van der Waals surface area contributed by atoms with Crippen molar-refractivity contribution in [3.8, 4) is 11.5 Å². The summed E-state index contributed by atoms with van der Waals surface area (Å²) >= 11 is 0. The van der Waals surface area contributed by atoms with Gasteiger partial charge in [-0.1, -0.05) is 0 Å². The van der Waals surface area contributed by atoms with E-state index in [0.29, 0.717) is 5.69 Å². The van der Waals surface area contributed by atoms with E-state index in [1.165, 1.54) is 39.0 Å². The normalized spacial score (nSPS) is 9.59. The fraction of sp³-hybridized carbons (Fsp3) is 0.286. The molecule has 0 unspecified atom stereocenters. The molecule has 8 nitrogen and oxygen atoms in total. The summed E-state index contributed by atoms with van der Waals surface area (Å²) in [5.41, 5.74) is 0.450. The van der Waals surface area contributed by atoms with Crippen LogP contribution in [0.2, 0.25) is 0 Å². The van der Waals surface area contributed by atoms with E-state index in [2.05, 4.69) is 10.6 Å². The molecule has 0 aliphatic rings. The molecule has 0 heterocycles. The molecule has 0 spiro atoms. The molecule has 0 aliphatic heterocycles. The number of benzene rings is 1. The minimum atomic E-state index is -0.583. The zero-order valence-corrected chi connectivity index (χ0v) is 12.4. The van der Waals surface area contributed by atoms with Crippen LogP contribution in [-0.2, 0) is 19.2 Å². The molecule has 2 N–H and O–H groups in total. The van der Waals surface area contributed by atoms with Crippen molar-refractivity contribution in [3.05, 3.63) is 18.2 Å². The number of esters is 2. The van der Waals surface area contributed by atoms with Crippen molar-refractivity contribution in [2.24, 2.45) is 0 Å². The summed E-state index contributed by atoms with van der Waals surface area (Å²) in [6.45, 7) is 3.50. The van der Waals surface area contributed by atoms with E-state index in [9.17, 15) is 19.2 Å². The van der Waals surface area contributed by atoms with Crippen LogP contribution in [-0.4, -0.2) is 30.3 Å². The van der Waals surface area contributed by atoms with Crippen LogP contribution in [0.4, 0.5) is 5.69 Å². The Morgan fingerprint density at radius 2 is 1.55 bits per heavy atom. The Morgan fingerprint density at radius 3 is 2.09 bits per heavy atom. The molecule has 0 radical (unpaired) electrons. The molecule has 1 aromatic rings. The van der Waals surface area contributed by atoms with Crippen molar-refractivity contribution in [1.82, 2.24) is 5.32 Å². The predicted molar refractivity (Wildman–Crippen MR) is 76.4 cm³/mol. The van der Waals surface area contributed by atoms with Gasteiger partial charge >= 0.3 is 11.9 Å². The number of rotatable bonds is 5. The maximum absolute atomic E-state index is 11.4. The SMILES string of the molecule is CC(=O)NC(=O)CNc1ccc(OC(C)=O)c(OC(C)=O)c1. The number of hydrogen-bond acceptors (Lipinski definition) is 7. The number of carbonyl (C=O) groups excluding carboxylic acids is 4. The van der Waals surface area contributed by atoms with Gasteiger partial charge in [0.2, 0.25) is 11.8 Å². The Hall–Kier alpha value is -2.90. The van der Waals surface area contributed by atoms with Crippen LogP contribution < -0.4 is 20.1 Å². The summed E-state index contributed by atoms with van der Waals surface area (Å²) in [4.78, 5) is 44.1. The van der Waals surface area contributed by atoms with Crippen LogP contribution in [0.1, 0.15) is 20.8 Å². The number of carbonyl (C=O) groups is 4. The third-order valence-corrected chi connectivity index (χ3v) is 2.22. The van der Waals surface area contributed by atoms with Gasteiger partial charge in [0.25, 0.3) is 0 Å². The van der Waals surface area contributed by atoms with Crippen LogP contribution in [0, 0.1) is 0 Å². The third-order valence-electron chi connectivity index (χ3n) is 2.22. The van der Waals surface area contributed by atoms with E-state index >= 15 is 0 Å². The molecule has 8 heteroatoms. The van der Waals surface area contributed by atoms with E-state index in [-0.39, 0.29) is 18.0 Å². The highest BCUT2D eigenvalue weighted by molar-refractivity contribution is 5.96. The van der Waals surface area contributed by atoms with E-state index in [1.54, 1.807) is 0 Å².